The highest BCUT2D eigenvalue weighted by Crippen LogP contribution is 2.54. The van der Waals surface area contributed by atoms with Crippen LogP contribution < -0.4 is 0 Å². The van der Waals surface area contributed by atoms with Crippen molar-refractivity contribution in [1.82, 2.24) is 5.01 Å². The molecule has 2 aliphatic heterocycles. The number of unbranched alkanes of at least 4 members (excludes halogenated alkanes) is 2. The van der Waals surface area contributed by atoms with Crippen molar-refractivity contribution in [2.24, 2.45) is 0 Å². The molecule has 3 heteroatoms. The lowest BCUT2D eigenvalue weighted by Crippen LogP contribution is -2.42. The number of hydrogen-bond donors (Lipinski definition) is 0. The molecule has 0 aromatic carbocycles. The van der Waals surface area contributed by atoms with Gasteiger partial charge in [0.1, 0.15) is 12.6 Å². The zero-order chi connectivity index (χ0) is 10.9. The molecule has 2 aliphatic rings. The fourth-order valence-corrected chi connectivity index (χ4v) is 2.59. The Bertz CT molecular complexity index is 234. The lowest BCUT2D eigenvalue weighted by Gasteiger charge is -2.35. The minimum absolute atomic E-state index is 0.0297. The molecule has 0 radical (unpaired) electrons. The second-order valence-electron chi connectivity index (χ2n) is 4.79. The van der Waals surface area contributed by atoms with E-state index in [1.54, 1.807) is 0 Å². The predicted octanol–water partition coefficient (Wildman–Crippen LogP) is 2.79. The number of allylic oxidation sites excluding steroid dienone is 1. The van der Waals surface area contributed by atoms with E-state index in [9.17, 15) is 5.21 Å². The largest absolute Gasteiger partial charge is 0.610 e. The molecule has 86 valence electrons. The van der Waals surface area contributed by atoms with Gasteiger partial charge in [0.2, 0.25) is 6.17 Å². The Hall–Kier alpha value is -0.380. The summed E-state index contributed by atoms with van der Waals surface area (Å²) in [5.74, 6) is 0. The minimum atomic E-state index is 0.0297. The zero-order valence-electron chi connectivity index (χ0n) is 9.69. The van der Waals surface area contributed by atoms with Crippen LogP contribution in [0.15, 0.2) is 12.7 Å². The van der Waals surface area contributed by atoms with Gasteiger partial charge in [-0.15, -0.1) is 6.58 Å². The number of nitrogens with zero attached hydrogens (tertiary/aromatic N) is 2. The van der Waals surface area contributed by atoms with Crippen LogP contribution >= 0.6 is 0 Å². The Balaban J connectivity index is 1.72. The first kappa shape index (κ1) is 11.1. The summed E-state index contributed by atoms with van der Waals surface area (Å²) < 4.78 is 0.0297. The highest BCUT2D eigenvalue weighted by Gasteiger charge is 2.76. The molecule has 0 aliphatic carbocycles. The van der Waals surface area contributed by atoms with E-state index in [1.807, 2.05) is 11.1 Å². The lowest BCUT2D eigenvalue weighted by molar-refractivity contribution is -0.880. The van der Waals surface area contributed by atoms with Crippen LogP contribution in [-0.2, 0) is 0 Å². The van der Waals surface area contributed by atoms with Gasteiger partial charge in [-0.25, -0.2) is 0 Å². The highest BCUT2D eigenvalue weighted by molar-refractivity contribution is 4.92. The first-order chi connectivity index (χ1) is 7.25. The summed E-state index contributed by atoms with van der Waals surface area (Å²) in [5, 5.41) is 14.2. The molecule has 0 amide bonds. The quantitative estimate of drug-likeness (QED) is 0.202. The molecular weight excluding hydrogens is 188 g/mol. The Kier molecular flexibility index (Phi) is 3.14. The molecule has 15 heavy (non-hydrogen) atoms. The zero-order valence-corrected chi connectivity index (χ0v) is 9.69. The van der Waals surface area contributed by atoms with Crippen molar-refractivity contribution in [2.45, 2.75) is 57.7 Å². The number of hydrogen-bond acceptors (Lipinski definition) is 2. The van der Waals surface area contributed by atoms with E-state index in [0.717, 1.165) is 32.2 Å². The molecule has 0 bridgehead atoms. The van der Waals surface area contributed by atoms with E-state index >= 15 is 0 Å². The Labute approximate surface area is 92.5 Å². The number of fused-ring (bicyclic) bond motifs is 1. The summed E-state index contributed by atoms with van der Waals surface area (Å²) in [6.07, 6.45) is 9.10. The van der Waals surface area contributed by atoms with Gasteiger partial charge in [-0.3, -0.25) is 4.76 Å². The number of quaternary nitrogens is 1. The standard InChI is InChI=1S/C12H22N2O/c1-3-5-6-7-9-11(8-4-2)14(15)12-10-13(12)14/h3,11-12H,1,4-10H2,2H3/t11-,12?,13?,14?/m1/s1. The van der Waals surface area contributed by atoms with Crippen molar-refractivity contribution in [3.63, 3.8) is 0 Å². The van der Waals surface area contributed by atoms with Crippen molar-refractivity contribution in [3.05, 3.63) is 17.9 Å². The van der Waals surface area contributed by atoms with Gasteiger partial charge < -0.3 is 5.21 Å². The molecule has 2 fully saturated rings. The average Bonchev–Trinajstić information content (AvgIpc) is 3.11. The third-order valence-electron chi connectivity index (χ3n) is 3.68. The molecule has 2 rings (SSSR count). The lowest BCUT2D eigenvalue weighted by atomic mass is 10.0. The average molecular weight is 210 g/mol. The van der Waals surface area contributed by atoms with Crippen molar-refractivity contribution in [1.29, 1.82) is 0 Å². The maximum absolute atomic E-state index is 12.2. The van der Waals surface area contributed by atoms with Crippen LogP contribution in [0.1, 0.15) is 45.4 Å². The van der Waals surface area contributed by atoms with Gasteiger partial charge >= 0.3 is 0 Å². The van der Waals surface area contributed by atoms with Gasteiger partial charge in [0, 0.05) is 12.8 Å². The minimum Gasteiger partial charge on any atom is -0.610 e. The molecule has 0 N–H and O–H groups in total. The monoisotopic (exact) mass is 210 g/mol. The van der Waals surface area contributed by atoms with Gasteiger partial charge in [0.15, 0.2) is 0 Å². The number of hydroxylamine groups is 2. The third kappa shape index (κ3) is 1.96. The molecule has 3 unspecified atom stereocenters. The smallest absolute Gasteiger partial charge is 0.224 e. The molecule has 0 aromatic heterocycles. The van der Waals surface area contributed by atoms with Crippen molar-refractivity contribution < 1.29 is 4.76 Å². The van der Waals surface area contributed by atoms with Gasteiger partial charge in [-0.1, -0.05) is 24.4 Å². The van der Waals surface area contributed by atoms with Crippen molar-refractivity contribution >= 4 is 0 Å². The van der Waals surface area contributed by atoms with Gasteiger partial charge in [0.25, 0.3) is 0 Å². The molecule has 2 saturated heterocycles. The first-order valence-electron chi connectivity index (χ1n) is 6.22. The summed E-state index contributed by atoms with van der Waals surface area (Å²) in [5.41, 5.74) is 0. The van der Waals surface area contributed by atoms with Crippen LogP contribution in [-0.4, -0.2) is 28.5 Å². The van der Waals surface area contributed by atoms with E-state index in [1.165, 1.54) is 12.8 Å². The Morgan fingerprint density at radius 1 is 1.53 bits per heavy atom. The van der Waals surface area contributed by atoms with E-state index in [4.69, 9.17) is 0 Å². The second kappa shape index (κ2) is 4.24. The summed E-state index contributed by atoms with van der Waals surface area (Å²) in [6.45, 7) is 6.95. The third-order valence-corrected chi connectivity index (χ3v) is 3.68. The summed E-state index contributed by atoms with van der Waals surface area (Å²) in [7, 11) is 0. The van der Waals surface area contributed by atoms with Gasteiger partial charge in [-0.05, 0) is 19.3 Å². The van der Waals surface area contributed by atoms with E-state index in [2.05, 4.69) is 13.5 Å². The molecule has 4 atom stereocenters. The SMILES string of the molecule is C=CCCCC[C@@H](CCC)[N+]1([O-])C2CN21. The maximum Gasteiger partial charge on any atom is 0.224 e. The molecule has 0 spiro atoms. The Morgan fingerprint density at radius 2 is 2.27 bits per heavy atom. The van der Waals surface area contributed by atoms with Gasteiger partial charge in [0.05, 0.1) is 0 Å². The van der Waals surface area contributed by atoms with Crippen LogP contribution in [0.5, 0.6) is 0 Å². The van der Waals surface area contributed by atoms with E-state index < -0.39 is 0 Å². The topological polar surface area (TPSA) is 26.1 Å². The normalized spacial score (nSPS) is 38.3. The van der Waals surface area contributed by atoms with Crippen LogP contribution in [0.25, 0.3) is 0 Å². The van der Waals surface area contributed by atoms with E-state index in [0.29, 0.717) is 12.2 Å². The highest BCUT2D eigenvalue weighted by atomic mass is 16.7. The van der Waals surface area contributed by atoms with Gasteiger partial charge in [-0.2, -0.15) is 0 Å². The predicted molar refractivity (Wildman–Crippen MR) is 61.5 cm³/mol. The summed E-state index contributed by atoms with van der Waals surface area (Å²) >= 11 is 0. The van der Waals surface area contributed by atoms with Crippen LogP contribution in [0.2, 0.25) is 0 Å². The molecule has 0 aromatic rings. The molecule has 2 heterocycles. The van der Waals surface area contributed by atoms with Crippen LogP contribution in [0, 0.1) is 5.21 Å². The van der Waals surface area contributed by atoms with Crippen molar-refractivity contribution in [2.75, 3.05) is 6.54 Å². The van der Waals surface area contributed by atoms with Crippen molar-refractivity contribution in [3.8, 4) is 0 Å². The summed E-state index contributed by atoms with van der Waals surface area (Å²) in [4.78, 5) is 0. The van der Waals surface area contributed by atoms with Crippen LogP contribution in [0.3, 0.4) is 0 Å². The first-order valence-corrected chi connectivity index (χ1v) is 6.22. The molecule has 0 saturated carbocycles. The van der Waals surface area contributed by atoms with E-state index in [-0.39, 0.29) is 4.76 Å². The molecular formula is C12H22N2O. The number of rotatable bonds is 8. The van der Waals surface area contributed by atoms with Crippen LogP contribution in [0.4, 0.5) is 0 Å². The second-order valence-corrected chi connectivity index (χ2v) is 4.79. The summed E-state index contributed by atoms with van der Waals surface area (Å²) in [6, 6.07) is 0.346. The maximum atomic E-state index is 12.2. The Morgan fingerprint density at radius 3 is 2.73 bits per heavy atom. The fraction of sp³-hybridized carbons (Fsp3) is 0.833. The molecule has 3 nitrogen and oxygen atoms in total. The fourth-order valence-electron chi connectivity index (χ4n) is 2.59.